The lowest BCUT2D eigenvalue weighted by Crippen LogP contribution is -2.14. The first-order chi connectivity index (χ1) is 10.1. The van der Waals surface area contributed by atoms with Crippen LogP contribution in [0.25, 0.3) is 0 Å². The molecular formula is C16H19BrClN3. The van der Waals surface area contributed by atoms with Gasteiger partial charge in [-0.25, -0.2) is 4.98 Å². The van der Waals surface area contributed by atoms with E-state index in [4.69, 9.17) is 11.6 Å². The van der Waals surface area contributed by atoms with Crippen molar-refractivity contribution in [2.75, 3.05) is 5.32 Å². The van der Waals surface area contributed by atoms with Crippen molar-refractivity contribution in [1.82, 2.24) is 9.55 Å². The van der Waals surface area contributed by atoms with Gasteiger partial charge in [-0.15, -0.1) is 0 Å². The minimum absolute atomic E-state index is 0.556. The summed E-state index contributed by atoms with van der Waals surface area (Å²) in [7, 11) is 0. The minimum atomic E-state index is 0.556. The zero-order valence-corrected chi connectivity index (χ0v) is 14.4. The minimum Gasteiger partial charge on any atom is -0.325 e. The SMILES string of the molecule is Cc1cn(C2CCCCC2)c(Nc2cc(Cl)ccc2Br)n1. The van der Waals surface area contributed by atoms with E-state index >= 15 is 0 Å². The molecule has 0 saturated heterocycles. The van der Waals surface area contributed by atoms with Crippen LogP contribution in [0.1, 0.15) is 43.8 Å². The Balaban J connectivity index is 1.89. The fourth-order valence-electron chi connectivity index (χ4n) is 2.96. The highest BCUT2D eigenvalue weighted by Gasteiger charge is 2.19. The van der Waals surface area contributed by atoms with E-state index in [-0.39, 0.29) is 0 Å². The predicted molar refractivity (Wildman–Crippen MR) is 91.5 cm³/mol. The zero-order valence-electron chi connectivity index (χ0n) is 12.1. The van der Waals surface area contributed by atoms with E-state index in [0.29, 0.717) is 11.1 Å². The van der Waals surface area contributed by atoms with E-state index in [1.165, 1.54) is 32.1 Å². The lowest BCUT2D eigenvalue weighted by atomic mass is 9.95. The summed E-state index contributed by atoms with van der Waals surface area (Å²) in [6.07, 6.45) is 8.59. The summed E-state index contributed by atoms with van der Waals surface area (Å²) in [6, 6.07) is 6.29. The van der Waals surface area contributed by atoms with Crippen molar-refractivity contribution >= 4 is 39.2 Å². The van der Waals surface area contributed by atoms with E-state index in [1.807, 2.05) is 25.1 Å². The van der Waals surface area contributed by atoms with Gasteiger partial charge in [-0.1, -0.05) is 30.9 Å². The third kappa shape index (κ3) is 3.43. The molecule has 3 nitrogen and oxygen atoms in total. The molecule has 1 fully saturated rings. The van der Waals surface area contributed by atoms with Gasteiger partial charge >= 0.3 is 0 Å². The van der Waals surface area contributed by atoms with Gasteiger partial charge in [0, 0.05) is 21.7 Å². The first kappa shape index (κ1) is 14.9. The molecule has 2 aromatic rings. The predicted octanol–water partition coefficient (Wildman–Crippen LogP) is 5.86. The van der Waals surface area contributed by atoms with Gasteiger partial charge in [0.25, 0.3) is 0 Å². The average Bonchev–Trinajstić information content (AvgIpc) is 2.85. The number of halogens is 2. The average molecular weight is 369 g/mol. The molecular weight excluding hydrogens is 350 g/mol. The van der Waals surface area contributed by atoms with Gasteiger partial charge in [0.1, 0.15) is 0 Å². The second-order valence-electron chi connectivity index (χ2n) is 5.65. The molecule has 1 aromatic carbocycles. The summed E-state index contributed by atoms with van der Waals surface area (Å²) in [5.41, 5.74) is 1.99. The number of nitrogens with zero attached hydrogens (tertiary/aromatic N) is 2. The Morgan fingerprint density at radius 1 is 1.29 bits per heavy atom. The Morgan fingerprint density at radius 3 is 2.81 bits per heavy atom. The highest BCUT2D eigenvalue weighted by atomic mass is 79.9. The Morgan fingerprint density at radius 2 is 2.05 bits per heavy atom. The Labute approximate surface area is 138 Å². The fraction of sp³-hybridized carbons (Fsp3) is 0.438. The summed E-state index contributed by atoms with van der Waals surface area (Å²) < 4.78 is 3.28. The van der Waals surface area contributed by atoms with Crippen LogP contribution in [0.15, 0.2) is 28.9 Å². The highest BCUT2D eigenvalue weighted by molar-refractivity contribution is 9.10. The number of hydrogen-bond acceptors (Lipinski definition) is 2. The molecule has 0 spiro atoms. The Bertz CT molecular complexity index is 632. The quantitative estimate of drug-likeness (QED) is 0.735. The van der Waals surface area contributed by atoms with Crippen molar-refractivity contribution in [1.29, 1.82) is 0 Å². The molecule has 5 heteroatoms. The Kier molecular flexibility index (Phi) is 4.55. The third-order valence-electron chi connectivity index (χ3n) is 4.00. The molecule has 112 valence electrons. The van der Waals surface area contributed by atoms with Gasteiger partial charge in [-0.3, -0.25) is 0 Å². The maximum absolute atomic E-state index is 6.09. The number of benzene rings is 1. The number of anilines is 2. The molecule has 0 amide bonds. The molecule has 0 unspecified atom stereocenters. The van der Waals surface area contributed by atoms with Crippen molar-refractivity contribution in [3.8, 4) is 0 Å². The Hall–Kier alpha value is -1.000. The van der Waals surface area contributed by atoms with Crippen LogP contribution in [0, 0.1) is 6.92 Å². The molecule has 1 aliphatic rings. The lowest BCUT2D eigenvalue weighted by Gasteiger charge is -2.25. The van der Waals surface area contributed by atoms with E-state index in [2.05, 4.69) is 37.0 Å². The molecule has 1 aliphatic carbocycles. The van der Waals surface area contributed by atoms with Crippen molar-refractivity contribution in [3.05, 3.63) is 39.6 Å². The molecule has 3 rings (SSSR count). The zero-order chi connectivity index (χ0) is 14.8. The van der Waals surface area contributed by atoms with E-state index < -0.39 is 0 Å². The largest absolute Gasteiger partial charge is 0.325 e. The van der Waals surface area contributed by atoms with E-state index in [9.17, 15) is 0 Å². The number of aryl methyl sites for hydroxylation is 1. The van der Waals surface area contributed by atoms with E-state index in [1.54, 1.807) is 0 Å². The van der Waals surface area contributed by atoms with Crippen LogP contribution in [-0.4, -0.2) is 9.55 Å². The summed E-state index contributed by atoms with van der Waals surface area (Å²) in [4.78, 5) is 4.64. The van der Waals surface area contributed by atoms with Crippen LogP contribution in [0.2, 0.25) is 5.02 Å². The highest BCUT2D eigenvalue weighted by Crippen LogP contribution is 2.33. The van der Waals surface area contributed by atoms with Gasteiger partial charge in [0.15, 0.2) is 0 Å². The maximum Gasteiger partial charge on any atom is 0.207 e. The van der Waals surface area contributed by atoms with Crippen molar-refractivity contribution in [3.63, 3.8) is 0 Å². The molecule has 1 heterocycles. The molecule has 0 bridgehead atoms. The standard InChI is InChI=1S/C16H19BrClN3/c1-11-10-21(13-5-3-2-4-6-13)16(19-11)20-15-9-12(18)7-8-14(15)17/h7-10,13H,2-6H2,1H3,(H,19,20). The summed E-state index contributed by atoms with van der Waals surface area (Å²) in [5.74, 6) is 0.905. The molecule has 21 heavy (non-hydrogen) atoms. The van der Waals surface area contributed by atoms with Crippen LogP contribution in [0.5, 0.6) is 0 Å². The van der Waals surface area contributed by atoms with Gasteiger partial charge in [0.2, 0.25) is 5.95 Å². The summed E-state index contributed by atoms with van der Waals surface area (Å²) in [6.45, 7) is 2.04. The molecule has 0 atom stereocenters. The molecule has 1 N–H and O–H groups in total. The lowest BCUT2D eigenvalue weighted by molar-refractivity contribution is 0.356. The molecule has 1 saturated carbocycles. The molecule has 0 aliphatic heterocycles. The number of hydrogen-bond donors (Lipinski definition) is 1. The maximum atomic E-state index is 6.09. The van der Waals surface area contributed by atoms with Crippen LogP contribution in [0.4, 0.5) is 11.6 Å². The van der Waals surface area contributed by atoms with Crippen molar-refractivity contribution < 1.29 is 0 Å². The van der Waals surface area contributed by atoms with Gasteiger partial charge in [0.05, 0.1) is 11.4 Å². The van der Waals surface area contributed by atoms with Crippen LogP contribution >= 0.6 is 27.5 Å². The van der Waals surface area contributed by atoms with Crippen LogP contribution in [0.3, 0.4) is 0 Å². The van der Waals surface area contributed by atoms with Gasteiger partial charge in [-0.05, 0) is 53.9 Å². The number of rotatable bonds is 3. The number of imidazole rings is 1. The smallest absolute Gasteiger partial charge is 0.207 e. The van der Waals surface area contributed by atoms with Gasteiger partial charge in [-0.2, -0.15) is 0 Å². The van der Waals surface area contributed by atoms with Crippen LogP contribution < -0.4 is 5.32 Å². The fourth-order valence-corrected chi connectivity index (χ4v) is 3.48. The summed E-state index contributed by atoms with van der Waals surface area (Å²) >= 11 is 9.65. The second-order valence-corrected chi connectivity index (χ2v) is 6.94. The number of nitrogens with one attached hydrogen (secondary N) is 1. The third-order valence-corrected chi connectivity index (χ3v) is 4.92. The first-order valence-electron chi connectivity index (χ1n) is 7.41. The monoisotopic (exact) mass is 367 g/mol. The van der Waals surface area contributed by atoms with E-state index in [0.717, 1.165) is 21.8 Å². The first-order valence-corrected chi connectivity index (χ1v) is 8.58. The normalized spacial score (nSPS) is 16.1. The molecule has 1 aromatic heterocycles. The van der Waals surface area contributed by atoms with Crippen molar-refractivity contribution in [2.24, 2.45) is 0 Å². The van der Waals surface area contributed by atoms with Crippen molar-refractivity contribution in [2.45, 2.75) is 45.1 Å². The second kappa shape index (κ2) is 6.41. The number of aromatic nitrogens is 2. The van der Waals surface area contributed by atoms with Crippen LogP contribution in [-0.2, 0) is 0 Å². The molecule has 0 radical (unpaired) electrons. The van der Waals surface area contributed by atoms with Gasteiger partial charge < -0.3 is 9.88 Å². The topological polar surface area (TPSA) is 29.9 Å². The summed E-state index contributed by atoms with van der Waals surface area (Å²) in [5, 5.41) is 4.14.